The van der Waals surface area contributed by atoms with Crippen molar-refractivity contribution in [3.63, 3.8) is 0 Å². The van der Waals surface area contributed by atoms with Gasteiger partial charge in [-0.2, -0.15) is 0 Å². The van der Waals surface area contributed by atoms with Gasteiger partial charge in [0.15, 0.2) is 10.9 Å². The second-order valence-electron chi connectivity index (χ2n) is 4.46. The standard InChI is InChI=1S/C15H11N3O2S/c1-9(19)13-8-21-15(17-13)18-14(20)11-4-5-12-10(7-11)3-2-6-16-12/h2-8H,1H3,(H,17,18,20). The number of aromatic nitrogens is 2. The monoisotopic (exact) mass is 297 g/mol. The van der Waals surface area contributed by atoms with Crippen molar-refractivity contribution in [1.29, 1.82) is 0 Å². The SMILES string of the molecule is CC(=O)c1csc(NC(=O)c2ccc3ncccc3c2)n1. The number of hydrogen-bond acceptors (Lipinski definition) is 5. The van der Waals surface area contributed by atoms with Crippen molar-refractivity contribution in [1.82, 2.24) is 9.97 Å². The van der Waals surface area contributed by atoms with E-state index < -0.39 is 0 Å². The Morgan fingerprint density at radius 1 is 1.24 bits per heavy atom. The summed E-state index contributed by atoms with van der Waals surface area (Å²) in [4.78, 5) is 31.6. The van der Waals surface area contributed by atoms with Crippen molar-refractivity contribution in [2.75, 3.05) is 5.32 Å². The smallest absolute Gasteiger partial charge is 0.257 e. The van der Waals surface area contributed by atoms with Crippen molar-refractivity contribution in [2.45, 2.75) is 6.92 Å². The van der Waals surface area contributed by atoms with Gasteiger partial charge in [-0.05, 0) is 24.3 Å². The lowest BCUT2D eigenvalue weighted by Crippen LogP contribution is -2.11. The van der Waals surface area contributed by atoms with E-state index in [1.54, 1.807) is 29.8 Å². The summed E-state index contributed by atoms with van der Waals surface area (Å²) < 4.78 is 0. The average Bonchev–Trinajstić information content (AvgIpc) is 2.95. The molecule has 0 spiro atoms. The third-order valence-corrected chi connectivity index (χ3v) is 3.71. The highest BCUT2D eigenvalue weighted by molar-refractivity contribution is 7.14. The van der Waals surface area contributed by atoms with E-state index in [0.717, 1.165) is 10.9 Å². The zero-order valence-corrected chi connectivity index (χ0v) is 12.0. The van der Waals surface area contributed by atoms with E-state index in [0.29, 0.717) is 16.4 Å². The molecule has 6 heteroatoms. The lowest BCUT2D eigenvalue weighted by molar-refractivity contribution is 0.100. The van der Waals surface area contributed by atoms with Crippen LogP contribution in [0.4, 0.5) is 5.13 Å². The molecule has 5 nitrogen and oxygen atoms in total. The molecule has 104 valence electrons. The maximum absolute atomic E-state index is 12.2. The molecular weight excluding hydrogens is 286 g/mol. The highest BCUT2D eigenvalue weighted by Crippen LogP contribution is 2.18. The van der Waals surface area contributed by atoms with Gasteiger partial charge in [0.1, 0.15) is 5.69 Å². The van der Waals surface area contributed by atoms with Crippen LogP contribution in [0.5, 0.6) is 0 Å². The summed E-state index contributed by atoms with van der Waals surface area (Å²) in [6, 6.07) is 9.01. The lowest BCUT2D eigenvalue weighted by atomic mass is 10.1. The molecule has 0 atom stereocenters. The Kier molecular flexibility index (Phi) is 3.45. The quantitative estimate of drug-likeness (QED) is 0.754. The molecule has 3 rings (SSSR count). The molecule has 3 aromatic rings. The third kappa shape index (κ3) is 2.80. The van der Waals surface area contributed by atoms with Gasteiger partial charge in [-0.25, -0.2) is 4.98 Å². The summed E-state index contributed by atoms with van der Waals surface area (Å²) >= 11 is 1.23. The van der Waals surface area contributed by atoms with Gasteiger partial charge in [-0.1, -0.05) is 6.07 Å². The van der Waals surface area contributed by atoms with E-state index in [2.05, 4.69) is 15.3 Å². The fraction of sp³-hybridized carbons (Fsp3) is 0.0667. The Balaban J connectivity index is 1.84. The van der Waals surface area contributed by atoms with Crippen molar-refractivity contribution in [3.05, 3.63) is 53.2 Å². The summed E-state index contributed by atoms with van der Waals surface area (Å²) in [5.41, 5.74) is 1.72. The first-order chi connectivity index (χ1) is 10.1. The molecule has 0 bridgehead atoms. The Labute approximate surface area is 124 Å². The molecule has 0 aliphatic carbocycles. The van der Waals surface area contributed by atoms with E-state index in [1.807, 2.05) is 12.1 Å². The number of carbonyl (C=O) groups is 2. The third-order valence-electron chi connectivity index (χ3n) is 2.95. The van der Waals surface area contributed by atoms with Gasteiger partial charge in [0, 0.05) is 29.5 Å². The number of Topliss-reactive ketones (excluding diaryl/α,β-unsaturated/α-hetero) is 1. The molecule has 2 heterocycles. The van der Waals surface area contributed by atoms with E-state index in [4.69, 9.17) is 0 Å². The van der Waals surface area contributed by atoms with Crippen LogP contribution in [-0.4, -0.2) is 21.7 Å². The zero-order valence-electron chi connectivity index (χ0n) is 11.2. The summed E-state index contributed by atoms with van der Waals surface area (Å²) in [6.45, 7) is 1.44. The highest BCUT2D eigenvalue weighted by Gasteiger charge is 2.11. The Morgan fingerprint density at radius 2 is 2.10 bits per heavy atom. The lowest BCUT2D eigenvalue weighted by Gasteiger charge is -2.03. The van der Waals surface area contributed by atoms with E-state index in [1.165, 1.54) is 18.3 Å². The Hall–Kier alpha value is -2.60. The molecular formula is C15H11N3O2S. The van der Waals surface area contributed by atoms with Crippen molar-refractivity contribution >= 4 is 39.1 Å². The number of ketones is 1. The van der Waals surface area contributed by atoms with Crippen LogP contribution < -0.4 is 5.32 Å². The molecule has 1 N–H and O–H groups in total. The summed E-state index contributed by atoms with van der Waals surface area (Å²) in [6.07, 6.45) is 1.71. The minimum Gasteiger partial charge on any atom is -0.298 e. The second-order valence-corrected chi connectivity index (χ2v) is 5.32. The molecule has 0 aliphatic rings. The fourth-order valence-corrected chi connectivity index (χ4v) is 2.62. The van der Waals surface area contributed by atoms with Gasteiger partial charge in [-0.3, -0.25) is 19.9 Å². The first-order valence-corrected chi connectivity index (χ1v) is 7.14. The van der Waals surface area contributed by atoms with E-state index in [-0.39, 0.29) is 11.7 Å². The summed E-state index contributed by atoms with van der Waals surface area (Å²) in [5.74, 6) is -0.381. The molecule has 0 saturated carbocycles. The number of benzene rings is 1. The van der Waals surface area contributed by atoms with Crippen LogP contribution in [-0.2, 0) is 0 Å². The van der Waals surface area contributed by atoms with Crippen LogP contribution in [0.15, 0.2) is 41.9 Å². The van der Waals surface area contributed by atoms with Crippen LogP contribution in [0.3, 0.4) is 0 Å². The Bertz CT molecular complexity index is 842. The number of carbonyl (C=O) groups excluding carboxylic acids is 2. The van der Waals surface area contributed by atoms with E-state index in [9.17, 15) is 9.59 Å². The van der Waals surface area contributed by atoms with Crippen LogP contribution in [0.1, 0.15) is 27.8 Å². The van der Waals surface area contributed by atoms with Gasteiger partial charge in [0.05, 0.1) is 5.52 Å². The van der Waals surface area contributed by atoms with Crippen molar-refractivity contribution in [3.8, 4) is 0 Å². The van der Waals surface area contributed by atoms with Crippen LogP contribution >= 0.6 is 11.3 Å². The number of nitrogens with zero attached hydrogens (tertiary/aromatic N) is 2. The van der Waals surface area contributed by atoms with Gasteiger partial charge in [-0.15, -0.1) is 11.3 Å². The van der Waals surface area contributed by atoms with Gasteiger partial charge in [0.25, 0.3) is 5.91 Å². The molecule has 0 unspecified atom stereocenters. The minimum atomic E-state index is -0.259. The number of fused-ring (bicyclic) bond motifs is 1. The number of amides is 1. The van der Waals surface area contributed by atoms with Crippen LogP contribution in [0, 0.1) is 0 Å². The molecule has 21 heavy (non-hydrogen) atoms. The predicted molar refractivity (Wildman–Crippen MR) is 81.8 cm³/mol. The second kappa shape index (κ2) is 5.41. The first-order valence-electron chi connectivity index (χ1n) is 6.26. The largest absolute Gasteiger partial charge is 0.298 e. The molecule has 1 amide bonds. The molecule has 0 fully saturated rings. The van der Waals surface area contributed by atoms with E-state index >= 15 is 0 Å². The van der Waals surface area contributed by atoms with Crippen molar-refractivity contribution in [2.24, 2.45) is 0 Å². The van der Waals surface area contributed by atoms with Crippen LogP contribution in [0.25, 0.3) is 10.9 Å². The first kappa shape index (κ1) is 13.4. The zero-order chi connectivity index (χ0) is 14.8. The fourth-order valence-electron chi connectivity index (χ4n) is 1.88. The number of hydrogen-bond donors (Lipinski definition) is 1. The predicted octanol–water partition coefficient (Wildman–Crippen LogP) is 3.15. The van der Waals surface area contributed by atoms with Gasteiger partial charge < -0.3 is 0 Å². The molecule has 2 aromatic heterocycles. The topological polar surface area (TPSA) is 72.0 Å². The van der Waals surface area contributed by atoms with Gasteiger partial charge >= 0.3 is 0 Å². The number of pyridine rings is 1. The van der Waals surface area contributed by atoms with Crippen LogP contribution in [0.2, 0.25) is 0 Å². The molecule has 0 radical (unpaired) electrons. The van der Waals surface area contributed by atoms with Crippen molar-refractivity contribution < 1.29 is 9.59 Å². The molecule has 0 aliphatic heterocycles. The number of anilines is 1. The average molecular weight is 297 g/mol. The Morgan fingerprint density at radius 3 is 2.86 bits per heavy atom. The molecule has 1 aromatic carbocycles. The summed E-state index contributed by atoms with van der Waals surface area (Å²) in [7, 11) is 0. The van der Waals surface area contributed by atoms with Gasteiger partial charge in [0.2, 0.25) is 0 Å². The molecule has 0 saturated heterocycles. The number of rotatable bonds is 3. The number of nitrogens with one attached hydrogen (secondary N) is 1. The summed E-state index contributed by atoms with van der Waals surface area (Å²) in [5, 5.41) is 5.63. The normalized spacial score (nSPS) is 10.5. The maximum Gasteiger partial charge on any atom is 0.257 e. The minimum absolute atomic E-state index is 0.122. The highest BCUT2D eigenvalue weighted by atomic mass is 32.1. The number of thiazole rings is 1. The maximum atomic E-state index is 12.2.